The minimum atomic E-state index is 0.652. The largest absolute Gasteiger partial charge is 0.398 e. The molecule has 0 aliphatic heterocycles. The van der Waals surface area contributed by atoms with Gasteiger partial charge in [-0.1, -0.05) is 17.7 Å². The van der Waals surface area contributed by atoms with Gasteiger partial charge in [0.2, 0.25) is 0 Å². The van der Waals surface area contributed by atoms with Crippen molar-refractivity contribution in [1.82, 2.24) is 5.06 Å². The Hall–Kier alpha value is -0.770. The molecule has 0 saturated carbocycles. The van der Waals surface area contributed by atoms with Crippen LogP contribution in [0.15, 0.2) is 18.2 Å². The fourth-order valence-corrected chi connectivity index (χ4v) is 1.19. The van der Waals surface area contributed by atoms with Gasteiger partial charge < -0.3 is 10.6 Å². The second-order valence-corrected chi connectivity index (χ2v) is 3.25. The summed E-state index contributed by atoms with van der Waals surface area (Å²) in [6.45, 7) is 0.652. The summed E-state index contributed by atoms with van der Waals surface area (Å²) < 4.78 is 0. The van der Waals surface area contributed by atoms with E-state index in [9.17, 15) is 0 Å². The summed E-state index contributed by atoms with van der Waals surface area (Å²) in [5.41, 5.74) is 7.46. The van der Waals surface area contributed by atoms with Crippen LogP contribution in [-0.2, 0) is 11.4 Å². The van der Waals surface area contributed by atoms with Crippen LogP contribution in [0.2, 0.25) is 5.02 Å². The molecule has 0 atom stereocenters. The zero-order valence-corrected chi connectivity index (χ0v) is 8.51. The highest BCUT2D eigenvalue weighted by molar-refractivity contribution is 6.30. The number of hydrogen-bond acceptors (Lipinski definition) is 3. The Bertz CT molecular complexity index is 291. The normalized spacial score (nSPS) is 10.8. The number of hydrogen-bond donors (Lipinski definition) is 1. The lowest BCUT2D eigenvalue weighted by Gasteiger charge is -2.14. The van der Waals surface area contributed by atoms with E-state index in [-0.39, 0.29) is 0 Å². The quantitative estimate of drug-likeness (QED) is 0.599. The van der Waals surface area contributed by atoms with Gasteiger partial charge in [-0.15, -0.1) is 0 Å². The van der Waals surface area contributed by atoms with Crippen LogP contribution < -0.4 is 5.73 Å². The third kappa shape index (κ3) is 2.88. The topological polar surface area (TPSA) is 38.5 Å². The molecule has 1 aromatic carbocycles. The summed E-state index contributed by atoms with van der Waals surface area (Å²) >= 11 is 5.76. The average Bonchev–Trinajstić information content (AvgIpc) is 2.09. The number of anilines is 1. The van der Waals surface area contributed by atoms with E-state index < -0.39 is 0 Å². The van der Waals surface area contributed by atoms with Crippen LogP contribution in [0.3, 0.4) is 0 Å². The predicted molar refractivity (Wildman–Crippen MR) is 54.3 cm³/mol. The summed E-state index contributed by atoms with van der Waals surface area (Å²) in [7, 11) is 3.46. The third-order valence-electron chi connectivity index (χ3n) is 1.81. The molecule has 0 radical (unpaired) electrons. The number of rotatable bonds is 3. The van der Waals surface area contributed by atoms with Crippen LogP contribution in [-0.4, -0.2) is 19.2 Å². The Kier molecular flexibility index (Phi) is 3.54. The van der Waals surface area contributed by atoms with Gasteiger partial charge in [0.25, 0.3) is 0 Å². The maximum Gasteiger partial charge on any atom is 0.0575 e. The van der Waals surface area contributed by atoms with Crippen LogP contribution in [0, 0.1) is 0 Å². The number of nitrogens with two attached hydrogens (primary N) is 1. The number of hydroxylamine groups is 2. The van der Waals surface area contributed by atoms with Crippen molar-refractivity contribution in [3.8, 4) is 0 Å². The maximum atomic E-state index is 5.76. The van der Waals surface area contributed by atoms with E-state index >= 15 is 0 Å². The molecule has 0 fully saturated rings. The Morgan fingerprint density at radius 3 is 2.77 bits per heavy atom. The van der Waals surface area contributed by atoms with E-state index in [0.717, 1.165) is 5.56 Å². The van der Waals surface area contributed by atoms with Crippen molar-refractivity contribution in [1.29, 1.82) is 0 Å². The van der Waals surface area contributed by atoms with Gasteiger partial charge in [0, 0.05) is 17.8 Å². The molecule has 1 aromatic rings. The van der Waals surface area contributed by atoms with Crippen molar-refractivity contribution in [3.63, 3.8) is 0 Å². The molecule has 2 N–H and O–H groups in total. The molecule has 0 saturated heterocycles. The molecular weight excluding hydrogens is 188 g/mol. The molecule has 3 nitrogen and oxygen atoms in total. The van der Waals surface area contributed by atoms with E-state index in [1.807, 2.05) is 19.2 Å². The van der Waals surface area contributed by atoms with Gasteiger partial charge in [-0.3, -0.25) is 0 Å². The van der Waals surface area contributed by atoms with Crippen LogP contribution in [0.4, 0.5) is 5.69 Å². The van der Waals surface area contributed by atoms with E-state index in [0.29, 0.717) is 17.3 Å². The lowest BCUT2D eigenvalue weighted by molar-refractivity contribution is -0.116. The summed E-state index contributed by atoms with van der Waals surface area (Å²) in [5, 5.41) is 2.35. The van der Waals surface area contributed by atoms with Gasteiger partial charge in [-0.05, 0) is 17.7 Å². The zero-order chi connectivity index (χ0) is 9.84. The van der Waals surface area contributed by atoms with Crippen LogP contribution in [0.5, 0.6) is 0 Å². The number of benzene rings is 1. The molecule has 0 aromatic heterocycles. The molecule has 0 spiro atoms. The first-order valence-electron chi connectivity index (χ1n) is 3.92. The highest BCUT2D eigenvalue weighted by atomic mass is 35.5. The minimum Gasteiger partial charge on any atom is -0.398 e. The van der Waals surface area contributed by atoms with Gasteiger partial charge >= 0.3 is 0 Å². The maximum absolute atomic E-state index is 5.76. The smallest absolute Gasteiger partial charge is 0.0575 e. The van der Waals surface area contributed by atoms with E-state index in [1.54, 1.807) is 18.2 Å². The molecule has 1 rings (SSSR count). The van der Waals surface area contributed by atoms with Crippen molar-refractivity contribution < 1.29 is 4.84 Å². The zero-order valence-electron chi connectivity index (χ0n) is 7.75. The van der Waals surface area contributed by atoms with Crippen molar-refractivity contribution in [2.75, 3.05) is 19.9 Å². The minimum absolute atomic E-state index is 0.652. The van der Waals surface area contributed by atoms with E-state index in [2.05, 4.69) is 0 Å². The molecule has 0 bridgehead atoms. The molecule has 0 aliphatic rings. The Balaban J connectivity index is 2.77. The summed E-state index contributed by atoms with van der Waals surface area (Å²) in [4.78, 5) is 4.98. The lowest BCUT2D eigenvalue weighted by atomic mass is 10.2. The first kappa shape index (κ1) is 10.3. The summed E-state index contributed by atoms with van der Waals surface area (Å²) in [6.07, 6.45) is 0. The number of nitrogens with zero attached hydrogens (tertiary/aromatic N) is 1. The standard InChI is InChI=1S/C9H13ClN2O/c1-12(13-2)6-7-3-4-8(10)5-9(7)11/h3-5H,6,11H2,1-2H3. The average molecular weight is 201 g/mol. The fraction of sp³-hybridized carbons (Fsp3) is 0.333. The first-order chi connectivity index (χ1) is 6.13. The highest BCUT2D eigenvalue weighted by Crippen LogP contribution is 2.18. The van der Waals surface area contributed by atoms with Crippen molar-refractivity contribution in [3.05, 3.63) is 28.8 Å². The summed E-state index contributed by atoms with van der Waals surface area (Å²) in [6, 6.07) is 5.45. The van der Waals surface area contributed by atoms with E-state index in [1.165, 1.54) is 0 Å². The van der Waals surface area contributed by atoms with Gasteiger partial charge in [0.05, 0.1) is 13.7 Å². The lowest BCUT2D eigenvalue weighted by Crippen LogP contribution is -2.16. The summed E-state index contributed by atoms with van der Waals surface area (Å²) in [5.74, 6) is 0. The monoisotopic (exact) mass is 200 g/mol. The SMILES string of the molecule is CON(C)Cc1ccc(Cl)cc1N. The van der Waals surface area contributed by atoms with Gasteiger partial charge in [-0.25, -0.2) is 0 Å². The molecule has 0 unspecified atom stereocenters. The van der Waals surface area contributed by atoms with Crippen molar-refractivity contribution in [2.45, 2.75) is 6.54 Å². The third-order valence-corrected chi connectivity index (χ3v) is 2.05. The Morgan fingerprint density at radius 2 is 2.23 bits per heavy atom. The molecule has 4 heteroatoms. The first-order valence-corrected chi connectivity index (χ1v) is 4.30. The molecule has 0 aliphatic carbocycles. The molecule has 72 valence electrons. The fourth-order valence-electron chi connectivity index (χ4n) is 1.01. The Morgan fingerprint density at radius 1 is 1.54 bits per heavy atom. The van der Waals surface area contributed by atoms with Crippen molar-refractivity contribution >= 4 is 17.3 Å². The number of halogens is 1. The molecule has 13 heavy (non-hydrogen) atoms. The van der Waals surface area contributed by atoms with Crippen LogP contribution >= 0.6 is 11.6 Å². The predicted octanol–water partition coefficient (Wildman–Crippen LogP) is 1.92. The van der Waals surface area contributed by atoms with Gasteiger partial charge in [0.15, 0.2) is 0 Å². The highest BCUT2D eigenvalue weighted by Gasteiger charge is 2.02. The second kappa shape index (κ2) is 4.46. The van der Waals surface area contributed by atoms with Crippen molar-refractivity contribution in [2.24, 2.45) is 0 Å². The van der Waals surface area contributed by atoms with Gasteiger partial charge in [0.1, 0.15) is 0 Å². The van der Waals surface area contributed by atoms with E-state index in [4.69, 9.17) is 22.2 Å². The molecule has 0 heterocycles. The Labute approximate surface area is 83.0 Å². The van der Waals surface area contributed by atoms with Crippen LogP contribution in [0.25, 0.3) is 0 Å². The molecule has 0 amide bonds. The van der Waals surface area contributed by atoms with Crippen LogP contribution in [0.1, 0.15) is 5.56 Å². The molecular formula is C9H13ClN2O. The van der Waals surface area contributed by atoms with Gasteiger partial charge in [-0.2, -0.15) is 5.06 Å². The second-order valence-electron chi connectivity index (χ2n) is 2.81. The number of nitrogen functional groups attached to an aromatic ring is 1.